The highest BCUT2D eigenvalue weighted by atomic mass is 16.5. The van der Waals surface area contributed by atoms with Crippen molar-refractivity contribution < 1.29 is 24.2 Å². The number of hydrogen-bond donors (Lipinski definition) is 1. The second-order valence-electron chi connectivity index (χ2n) is 4.30. The van der Waals surface area contributed by atoms with Crippen molar-refractivity contribution in [3.8, 4) is 0 Å². The Kier molecular flexibility index (Phi) is 8.53. The fraction of sp³-hybridized carbons (Fsp3) is 0.571. The third kappa shape index (κ3) is 9.02. The van der Waals surface area contributed by atoms with Crippen LogP contribution in [0.25, 0.3) is 0 Å². The second-order valence-corrected chi connectivity index (χ2v) is 4.30. The van der Waals surface area contributed by atoms with E-state index in [9.17, 15) is 9.59 Å². The van der Waals surface area contributed by atoms with E-state index in [1.165, 1.54) is 13.8 Å². The zero-order valence-electron chi connectivity index (χ0n) is 11.9. The molecule has 0 aromatic heterocycles. The number of rotatable bonds is 7. The lowest BCUT2D eigenvalue weighted by Gasteiger charge is -2.16. The molecule has 0 spiro atoms. The smallest absolute Gasteiger partial charge is 0.303 e. The summed E-state index contributed by atoms with van der Waals surface area (Å²) in [5, 5.41) is 8.85. The summed E-state index contributed by atoms with van der Waals surface area (Å²) >= 11 is 0. The molecule has 0 aromatic carbocycles. The van der Waals surface area contributed by atoms with Crippen molar-refractivity contribution >= 4 is 11.9 Å². The maximum atomic E-state index is 11.0. The third-order valence-electron chi connectivity index (χ3n) is 2.41. The van der Waals surface area contributed by atoms with Gasteiger partial charge in [-0.15, -0.1) is 0 Å². The summed E-state index contributed by atoms with van der Waals surface area (Å²) in [6.45, 7) is 6.44. The molecular formula is C14H22O5. The molecule has 0 radical (unpaired) electrons. The molecule has 0 aliphatic carbocycles. The van der Waals surface area contributed by atoms with Gasteiger partial charge < -0.3 is 14.6 Å². The Labute approximate surface area is 113 Å². The topological polar surface area (TPSA) is 72.8 Å². The number of aliphatic hydroxyl groups is 1. The molecule has 0 unspecified atom stereocenters. The van der Waals surface area contributed by atoms with Crippen LogP contribution in [0.4, 0.5) is 0 Å². The minimum atomic E-state index is -0.406. The van der Waals surface area contributed by atoms with Crippen LogP contribution in [0.1, 0.15) is 34.1 Å². The van der Waals surface area contributed by atoms with Gasteiger partial charge in [-0.25, -0.2) is 0 Å². The van der Waals surface area contributed by atoms with Crippen LogP contribution in [0.2, 0.25) is 0 Å². The quantitative estimate of drug-likeness (QED) is 0.563. The summed E-state index contributed by atoms with van der Waals surface area (Å²) < 4.78 is 10.0. The van der Waals surface area contributed by atoms with Gasteiger partial charge in [-0.3, -0.25) is 9.59 Å². The van der Waals surface area contributed by atoms with Crippen molar-refractivity contribution in [3.63, 3.8) is 0 Å². The molecule has 5 heteroatoms. The van der Waals surface area contributed by atoms with E-state index >= 15 is 0 Å². The van der Waals surface area contributed by atoms with Gasteiger partial charge in [0.15, 0.2) is 0 Å². The van der Waals surface area contributed by atoms with E-state index in [0.29, 0.717) is 6.42 Å². The van der Waals surface area contributed by atoms with Crippen molar-refractivity contribution in [3.05, 3.63) is 23.3 Å². The van der Waals surface area contributed by atoms with Gasteiger partial charge in [0.1, 0.15) is 12.7 Å². The van der Waals surface area contributed by atoms with Crippen LogP contribution < -0.4 is 0 Å². The predicted molar refractivity (Wildman–Crippen MR) is 71.4 cm³/mol. The first-order chi connectivity index (χ1) is 8.86. The standard InChI is InChI=1S/C14H22O5/c1-10(9-18-12(3)16)5-6-14(19-13(4)17)11(2)7-8-15/h5,7,14-15H,6,8-9H2,1-4H3/b10-5+,11-7+/t14-/m0/s1. The second kappa shape index (κ2) is 9.33. The van der Waals surface area contributed by atoms with Crippen molar-refractivity contribution in [2.45, 2.75) is 40.2 Å². The number of aliphatic hydroxyl groups excluding tert-OH is 1. The van der Waals surface area contributed by atoms with Crippen molar-refractivity contribution in [1.82, 2.24) is 0 Å². The molecule has 0 aromatic rings. The van der Waals surface area contributed by atoms with Crippen LogP contribution in [-0.2, 0) is 19.1 Å². The zero-order valence-corrected chi connectivity index (χ0v) is 11.9. The molecular weight excluding hydrogens is 248 g/mol. The van der Waals surface area contributed by atoms with Crippen molar-refractivity contribution in [2.75, 3.05) is 13.2 Å². The molecule has 19 heavy (non-hydrogen) atoms. The highest BCUT2D eigenvalue weighted by Crippen LogP contribution is 2.13. The van der Waals surface area contributed by atoms with Gasteiger partial charge in [0.25, 0.3) is 0 Å². The van der Waals surface area contributed by atoms with Gasteiger partial charge in [0, 0.05) is 20.3 Å². The summed E-state index contributed by atoms with van der Waals surface area (Å²) in [5.41, 5.74) is 1.67. The van der Waals surface area contributed by atoms with Gasteiger partial charge in [-0.1, -0.05) is 12.2 Å². The van der Waals surface area contributed by atoms with Gasteiger partial charge in [0.05, 0.1) is 6.61 Å². The van der Waals surface area contributed by atoms with E-state index in [-0.39, 0.29) is 25.2 Å². The molecule has 0 aliphatic heterocycles. The molecule has 0 bridgehead atoms. The average Bonchev–Trinajstić information content (AvgIpc) is 2.31. The molecule has 0 rings (SSSR count). The lowest BCUT2D eigenvalue weighted by Crippen LogP contribution is -2.17. The number of ether oxygens (including phenoxy) is 2. The largest absolute Gasteiger partial charge is 0.461 e. The molecule has 0 heterocycles. The molecule has 108 valence electrons. The zero-order chi connectivity index (χ0) is 14.8. The predicted octanol–water partition coefficient (Wildman–Crippen LogP) is 1.76. The van der Waals surface area contributed by atoms with E-state index in [1.54, 1.807) is 13.0 Å². The van der Waals surface area contributed by atoms with E-state index in [2.05, 4.69) is 0 Å². The van der Waals surface area contributed by atoms with Crippen molar-refractivity contribution in [2.24, 2.45) is 0 Å². The van der Waals surface area contributed by atoms with Crippen LogP contribution >= 0.6 is 0 Å². The summed E-state index contributed by atoms with van der Waals surface area (Å²) in [6.07, 6.45) is 3.53. The Bertz CT molecular complexity index is 368. The average molecular weight is 270 g/mol. The maximum absolute atomic E-state index is 11.0. The Morgan fingerprint density at radius 2 is 1.74 bits per heavy atom. The van der Waals surface area contributed by atoms with Crippen LogP contribution in [0.15, 0.2) is 23.3 Å². The molecule has 1 atom stereocenters. The molecule has 5 nitrogen and oxygen atoms in total. The molecule has 0 aliphatic rings. The van der Waals surface area contributed by atoms with Crippen LogP contribution in [-0.4, -0.2) is 36.4 Å². The van der Waals surface area contributed by atoms with E-state index in [1.807, 2.05) is 13.0 Å². The first kappa shape index (κ1) is 17.4. The van der Waals surface area contributed by atoms with E-state index in [4.69, 9.17) is 14.6 Å². The maximum Gasteiger partial charge on any atom is 0.303 e. The molecule has 0 fully saturated rings. The van der Waals surface area contributed by atoms with Crippen LogP contribution in [0, 0.1) is 0 Å². The lowest BCUT2D eigenvalue weighted by atomic mass is 10.1. The Balaban J connectivity index is 4.55. The monoisotopic (exact) mass is 270 g/mol. The lowest BCUT2D eigenvalue weighted by molar-refractivity contribution is -0.144. The minimum absolute atomic E-state index is 0.0975. The van der Waals surface area contributed by atoms with Crippen molar-refractivity contribution in [1.29, 1.82) is 0 Å². The molecule has 0 saturated carbocycles. The minimum Gasteiger partial charge on any atom is -0.461 e. The number of esters is 2. The Hall–Kier alpha value is -1.62. The highest BCUT2D eigenvalue weighted by molar-refractivity contribution is 5.66. The first-order valence-electron chi connectivity index (χ1n) is 6.10. The summed E-state index contributed by atoms with van der Waals surface area (Å²) in [7, 11) is 0. The molecule has 1 N–H and O–H groups in total. The van der Waals surface area contributed by atoms with Gasteiger partial charge in [-0.2, -0.15) is 0 Å². The van der Waals surface area contributed by atoms with Gasteiger partial charge >= 0.3 is 11.9 Å². The Morgan fingerprint density at radius 1 is 1.11 bits per heavy atom. The van der Waals surface area contributed by atoms with E-state index < -0.39 is 6.10 Å². The third-order valence-corrected chi connectivity index (χ3v) is 2.41. The van der Waals surface area contributed by atoms with Gasteiger partial charge in [-0.05, 0) is 25.0 Å². The number of carbonyl (C=O) groups is 2. The van der Waals surface area contributed by atoms with Crippen LogP contribution in [0.5, 0.6) is 0 Å². The molecule has 0 amide bonds. The number of hydrogen-bond acceptors (Lipinski definition) is 5. The summed E-state index contributed by atoms with van der Waals surface area (Å²) in [6, 6.07) is 0. The van der Waals surface area contributed by atoms with E-state index in [0.717, 1.165) is 11.1 Å². The highest BCUT2D eigenvalue weighted by Gasteiger charge is 2.12. The fourth-order valence-electron chi connectivity index (χ4n) is 1.39. The van der Waals surface area contributed by atoms with Gasteiger partial charge in [0.2, 0.25) is 0 Å². The normalized spacial score (nSPS) is 13.9. The fourth-order valence-corrected chi connectivity index (χ4v) is 1.39. The summed E-state index contributed by atoms with van der Waals surface area (Å²) in [4.78, 5) is 21.7. The summed E-state index contributed by atoms with van der Waals surface area (Å²) in [5.74, 6) is -0.706. The number of carbonyl (C=O) groups excluding carboxylic acids is 2. The first-order valence-corrected chi connectivity index (χ1v) is 6.10. The van der Waals surface area contributed by atoms with Crippen LogP contribution in [0.3, 0.4) is 0 Å². The Morgan fingerprint density at radius 3 is 2.21 bits per heavy atom. The molecule has 0 saturated heterocycles. The SMILES string of the molecule is CC(=O)OC/C(C)=C/C[C@H](OC(C)=O)/C(C)=C/CO.